The van der Waals surface area contributed by atoms with Crippen molar-refractivity contribution in [3.8, 4) is 17.2 Å². The number of hydrogen-bond donors (Lipinski definition) is 0. The van der Waals surface area contributed by atoms with Crippen molar-refractivity contribution in [2.24, 2.45) is 0 Å². The Morgan fingerprint density at radius 3 is 2.13 bits per heavy atom. The molecule has 4 rings (SSSR count). The maximum Gasteiger partial charge on any atom is 0.232 e. The average Bonchev–Trinajstić information content (AvgIpc) is 3.00. The van der Waals surface area contributed by atoms with Crippen LogP contribution in [0.15, 0.2) is 72.5 Å². The molecule has 1 unspecified atom stereocenters. The van der Waals surface area contributed by atoms with Crippen molar-refractivity contribution in [3.63, 3.8) is 0 Å². The van der Waals surface area contributed by atoms with Crippen LogP contribution in [0.2, 0.25) is 18.1 Å². The van der Waals surface area contributed by atoms with E-state index >= 15 is 0 Å². The van der Waals surface area contributed by atoms with Crippen LogP contribution in [-0.2, 0) is 27.0 Å². The van der Waals surface area contributed by atoms with Crippen LogP contribution in [0.5, 0.6) is 17.2 Å². The van der Waals surface area contributed by atoms with E-state index in [-0.39, 0.29) is 52.0 Å². The van der Waals surface area contributed by atoms with Crippen LogP contribution in [0, 0.1) is 0 Å². The van der Waals surface area contributed by atoms with Crippen molar-refractivity contribution in [1.82, 2.24) is 0 Å². The van der Waals surface area contributed by atoms with E-state index in [1.54, 1.807) is 6.07 Å². The first-order chi connectivity index (χ1) is 21.3. The van der Waals surface area contributed by atoms with Gasteiger partial charge in [-0.3, -0.25) is 14.4 Å². The van der Waals surface area contributed by atoms with Crippen molar-refractivity contribution >= 4 is 25.7 Å². The predicted molar refractivity (Wildman–Crippen MR) is 175 cm³/mol. The molecule has 0 bridgehead atoms. The molecular formula is C36H42O8Si. The minimum Gasteiger partial charge on any atom is -0.496 e. The number of hydrogen-bond acceptors (Lipinski definition) is 8. The van der Waals surface area contributed by atoms with Crippen LogP contribution in [0.1, 0.15) is 70.7 Å². The van der Waals surface area contributed by atoms with Crippen LogP contribution in [0.4, 0.5) is 0 Å². The topological polar surface area (TPSA) is 97.4 Å². The average molecular weight is 631 g/mol. The van der Waals surface area contributed by atoms with Crippen molar-refractivity contribution in [2.45, 2.75) is 64.5 Å². The summed E-state index contributed by atoms with van der Waals surface area (Å²) in [5, 5.41) is -0.106. The molecule has 0 aliphatic heterocycles. The fourth-order valence-electron chi connectivity index (χ4n) is 5.06. The Bertz CT molecular complexity index is 1600. The van der Waals surface area contributed by atoms with Crippen molar-refractivity contribution in [2.75, 3.05) is 21.3 Å². The molecule has 0 spiro atoms. The molecule has 1 aliphatic carbocycles. The molecule has 0 saturated carbocycles. The normalized spacial score (nSPS) is 13.9. The fourth-order valence-corrected chi connectivity index (χ4v) is 6.34. The van der Waals surface area contributed by atoms with Crippen LogP contribution < -0.4 is 14.2 Å². The summed E-state index contributed by atoms with van der Waals surface area (Å²) in [4.78, 5) is 40.2. The summed E-state index contributed by atoms with van der Waals surface area (Å²) < 4.78 is 29.5. The quantitative estimate of drug-likeness (QED) is 0.180. The Morgan fingerprint density at radius 2 is 1.51 bits per heavy atom. The van der Waals surface area contributed by atoms with Gasteiger partial charge in [0.25, 0.3) is 0 Å². The third-order valence-electron chi connectivity index (χ3n) is 8.47. The van der Waals surface area contributed by atoms with Crippen LogP contribution >= 0.6 is 0 Å². The van der Waals surface area contributed by atoms with Gasteiger partial charge in [-0.25, -0.2) is 0 Å². The zero-order chi connectivity index (χ0) is 32.9. The number of carbonyl (C=O) groups excluding carboxylic acids is 3. The number of rotatable bonds is 13. The maximum absolute atomic E-state index is 13.9. The lowest BCUT2D eigenvalue weighted by Gasteiger charge is -2.39. The zero-order valence-electron chi connectivity index (χ0n) is 27.3. The number of allylic oxidation sites excluding steroid dienone is 2. The van der Waals surface area contributed by atoms with E-state index in [0.717, 1.165) is 17.2 Å². The smallest absolute Gasteiger partial charge is 0.232 e. The van der Waals surface area contributed by atoms with E-state index in [4.69, 9.17) is 23.4 Å². The monoisotopic (exact) mass is 630 g/mol. The molecule has 8 nitrogen and oxygen atoms in total. The van der Waals surface area contributed by atoms with Crippen molar-refractivity contribution in [1.29, 1.82) is 0 Å². The lowest BCUT2D eigenvalue weighted by molar-refractivity contribution is -0.120. The maximum atomic E-state index is 13.9. The summed E-state index contributed by atoms with van der Waals surface area (Å²) in [6, 6.07) is 19.1. The molecule has 45 heavy (non-hydrogen) atoms. The summed E-state index contributed by atoms with van der Waals surface area (Å²) in [6.07, 6.45) is 0.542. The van der Waals surface area contributed by atoms with Crippen LogP contribution in [0.3, 0.4) is 0 Å². The van der Waals surface area contributed by atoms with Gasteiger partial charge in [-0.1, -0.05) is 69.3 Å². The van der Waals surface area contributed by atoms with Crippen LogP contribution in [0.25, 0.3) is 0 Å². The molecule has 0 heterocycles. The Hall–Kier alpha value is -4.21. The number of para-hydroxylation sites is 1. The van der Waals surface area contributed by atoms with Gasteiger partial charge in [0.05, 0.1) is 38.6 Å². The zero-order valence-corrected chi connectivity index (χ0v) is 28.3. The number of fused-ring (bicyclic) bond motifs is 1. The van der Waals surface area contributed by atoms with E-state index in [2.05, 4.69) is 33.9 Å². The Balaban J connectivity index is 1.69. The SMILES string of the molecule is COC1=CC(=O)c2c(OC)c(CC(=O)CC(O[Si](C)(C)C(C)(C)C)c3ccccc3OCc3ccccc3)cc(OC)c2C1=O. The highest BCUT2D eigenvalue weighted by molar-refractivity contribution is 6.74. The lowest BCUT2D eigenvalue weighted by atomic mass is 9.88. The van der Waals surface area contributed by atoms with Gasteiger partial charge in [-0.2, -0.15) is 0 Å². The third-order valence-corrected chi connectivity index (χ3v) is 13.0. The second-order valence-electron chi connectivity index (χ2n) is 12.5. The van der Waals surface area contributed by atoms with Gasteiger partial charge in [0, 0.05) is 30.0 Å². The van der Waals surface area contributed by atoms with E-state index in [9.17, 15) is 14.4 Å². The highest BCUT2D eigenvalue weighted by Crippen LogP contribution is 2.43. The summed E-state index contributed by atoms with van der Waals surface area (Å²) >= 11 is 0. The molecule has 0 aromatic heterocycles. The predicted octanol–water partition coefficient (Wildman–Crippen LogP) is 7.46. The summed E-state index contributed by atoms with van der Waals surface area (Å²) in [5.41, 5.74) is 2.37. The minimum absolute atomic E-state index is 0.0542. The molecule has 0 saturated heterocycles. The first-order valence-corrected chi connectivity index (χ1v) is 17.8. The highest BCUT2D eigenvalue weighted by Gasteiger charge is 2.41. The molecule has 0 amide bonds. The molecule has 3 aromatic carbocycles. The second-order valence-corrected chi connectivity index (χ2v) is 17.3. The Morgan fingerprint density at radius 1 is 0.844 bits per heavy atom. The van der Waals surface area contributed by atoms with E-state index < -0.39 is 26.0 Å². The van der Waals surface area contributed by atoms with E-state index in [1.165, 1.54) is 21.3 Å². The number of Topliss-reactive ketones (excluding diaryl/α,β-unsaturated/α-hetero) is 2. The first-order valence-electron chi connectivity index (χ1n) is 14.9. The number of benzene rings is 3. The van der Waals surface area contributed by atoms with Gasteiger partial charge in [-0.05, 0) is 35.8 Å². The molecule has 0 fully saturated rings. The van der Waals surface area contributed by atoms with Crippen molar-refractivity contribution in [3.05, 3.63) is 100 Å². The molecule has 0 radical (unpaired) electrons. The standard InChI is InChI=1S/C36H42O8Si/c1-36(2,3)45(7,8)44-29(26-16-12-13-17-28(26)43-22-23-14-10-9-11-15-23)20-25(37)18-24-19-30(40-4)33-32(35(24)42-6)27(38)21-31(41-5)34(33)39/h9-17,19,21,29H,18,20,22H2,1-8H3. The van der Waals surface area contributed by atoms with Gasteiger partial charge >= 0.3 is 0 Å². The summed E-state index contributed by atoms with van der Waals surface area (Å²) in [7, 11) is 1.79. The summed E-state index contributed by atoms with van der Waals surface area (Å²) in [6.45, 7) is 11.1. The number of ketones is 3. The van der Waals surface area contributed by atoms with E-state index in [0.29, 0.717) is 17.9 Å². The molecule has 238 valence electrons. The van der Waals surface area contributed by atoms with Gasteiger partial charge in [0.15, 0.2) is 19.9 Å². The number of ether oxygens (including phenoxy) is 4. The summed E-state index contributed by atoms with van der Waals surface area (Å²) in [5.74, 6) is -0.198. The molecule has 9 heteroatoms. The van der Waals surface area contributed by atoms with E-state index in [1.807, 2.05) is 54.6 Å². The molecule has 1 atom stereocenters. The molecular weight excluding hydrogens is 588 g/mol. The first kappa shape index (κ1) is 33.7. The van der Waals surface area contributed by atoms with Gasteiger partial charge < -0.3 is 23.4 Å². The third kappa shape index (κ3) is 7.37. The van der Waals surface area contributed by atoms with Gasteiger partial charge in [0.1, 0.15) is 29.6 Å². The molecule has 0 N–H and O–H groups in total. The number of methoxy groups -OCH3 is 3. The number of carbonyl (C=O) groups is 3. The largest absolute Gasteiger partial charge is 0.496 e. The van der Waals surface area contributed by atoms with Gasteiger partial charge in [-0.15, -0.1) is 0 Å². The second kappa shape index (κ2) is 13.8. The molecule has 3 aromatic rings. The Kier molecular flexibility index (Phi) is 10.3. The van der Waals surface area contributed by atoms with Crippen molar-refractivity contribution < 1.29 is 37.8 Å². The van der Waals surface area contributed by atoms with Gasteiger partial charge in [0.2, 0.25) is 5.78 Å². The molecule has 1 aliphatic rings. The highest BCUT2D eigenvalue weighted by atomic mass is 28.4. The van der Waals surface area contributed by atoms with Crippen LogP contribution in [-0.4, -0.2) is 47.0 Å². The fraction of sp³-hybridized carbons (Fsp3) is 0.361. The lowest BCUT2D eigenvalue weighted by Crippen LogP contribution is -2.42. The minimum atomic E-state index is -2.35. The Labute approximate surface area is 266 Å².